The first-order valence-corrected chi connectivity index (χ1v) is 6.95. The van der Waals surface area contributed by atoms with E-state index in [9.17, 15) is 13.2 Å². The van der Waals surface area contributed by atoms with Crippen LogP contribution in [0.15, 0.2) is 72.8 Å². The zero-order valence-electron chi connectivity index (χ0n) is 12.0. The van der Waals surface area contributed by atoms with Crippen molar-refractivity contribution in [3.8, 4) is 22.6 Å². The normalized spacial score (nSPS) is 11.3. The fraction of sp³-hybridized carbons (Fsp3) is 0.0526. The molecule has 0 fully saturated rings. The Morgan fingerprint density at radius 3 is 2.17 bits per heavy atom. The van der Waals surface area contributed by atoms with Gasteiger partial charge in [0.25, 0.3) is 0 Å². The highest BCUT2D eigenvalue weighted by Crippen LogP contribution is 2.34. The minimum Gasteiger partial charge on any atom is -0.457 e. The Balaban J connectivity index is 1.89. The smallest absolute Gasteiger partial charge is 0.416 e. The third-order valence-electron chi connectivity index (χ3n) is 3.32. The monoisotopic (exact) mass is 313 g/mol. The van der Waals surface area contributed by atoms with Crippen LogP contribution in [0, 0.1) is 6.07 Å². The van der Waals surface area contributed by atoms with Crippen LogP contribution >= 0.6 is 0 Å². The summed E-state index contributed by atoms with van der Waals surface area (Å²) < 4.78 is 43.5. The summed E-state index contributed by atoms with van der Waals surface area (Å²) >= 11 is 0. The second-order valence-corrected chi connectivity index (χ2v) is 4.91. The minimum atomic E-state index is -4.35. The van der Waals surface area contributed by atoms with Gasteiger partial charge in [-0.05, 0) is 42.0 Å². The van der Waals surface area contributed by atoms with Gasteiger partial charge in [0.2, 0.25) is 0 Å². The number of rotatable bonds is 3. The third-order valence-corrected chi connectivity index (χ3v) is 3.32. The molecule has 115 valence electrons. The topological polar surface area (TPSA) is 9.23 Å². The molecule has 0 N–H and O–H groups in total. The third kappa shape index (κ3) is 3.54. The van der Waals surface area contributed by atoms with E-state index in [4.69, 9.17) is 4.74 Å². The van der Waals surface area contributed by atoms with Crippen molar-refractivity contribution < 1.29 is 17.9 Å². The molecule has 1 nitrogen and oxygen atoms in total. The van der Waals surface area contributed by atoms with Crippen LogP contribution in [0.1, 0.15) is 5.56 Å². The number of hydrogen-bond acceptors (Lipinski definition) is 1. The second-order valence-electron chi connectivity index (χ2n) is 4.91. The molecule has 0 aliphatic carbocycles. The van der Waals surface area contributed by atoms with Crippen molar-refractivity contribution >= 4 is 0 Å². The zero-order chi connectivity index (χ0) is 16.3. The number of alkyl halides is 3. The van der Waals surface area contributed by atoms with Gasteiger partial charge in [-0.3, -0.25) is 0 Å². The van der Waals surface area contributed by atoms with E-state index < -0.39 is 11.7 Å². The maximum Gasteiger partial charge on any atom is 0.416 e. The van der Waals surface area contributed by atoms with Gasteiger partial charge in [-0.25, -0.2) is 0 Å². The lowest BCUT2D eigenvalue weighted by Gasteiger charge is -2.12. The van der Waals surface area contributed by atoms with Gasteiger partial charge in [0.05, 0.1) is 5.56 Å². The molecule has 4 heteroatoms. The van der Waals surface area contributed by atoms with Crippen molar-refractivity contribution in [2.75, 3.05) is 0 Å². The van der Waals surface area contributed by atoms with Crippen LogP contribution in [0.4, 0.5) is 13.2 Å². The standard InChI is InChI=1S/C19H12F3O/c20-19(21,22)15-10-12-16(13-11-15)23-18-9-5-4-8-17(18)14-6-2-1-3-7-14/h1-4,6-13H. The summed E-state index contributed by atoms with van der Waals surface area (Å²) in [5.74, 6) is 0.883. The Kier molecular flexibility index (Phi) is 4.06. The number of hydrogen-bond donors (Lipinski definition) is 0. The van der Waals surface area contributed by atoms with E-state index in [1.807, 2.05) is 36.4 Å². The number of halogens is 3. The molecule has 0 bridgehead atoms. The molecule has 0 spiro atoms. The first-order chi connectivity index (χ1) is 11.0. The highest BCUT2D eigenvalue weighted by atomic mass is 19.4. The zero-order valence-corrected chi connectivity index (χ0v) is 12.0. The summed E-state index contributed by atoms with van der Waals surface area (Å²) in [6.45, 7) is 0. The fourth-order valence-electron chi connectivity index (χ4n) is 2.19. The maximum absolute atomic E-state index is 12.6. The lowest BCUT2D eigenvalue weighted by atomic mass is 10.0. The molecule has 0 heterocycles. The van der Waals surface area contributed by atoms with Crippen molar-refractivity contribution in [2.24, 2.45) is 0 Å². The van der Waals surface area contributed by atoms with Crippen LogP contribution in [0.3, 0.4) is 0 Å². The average molecular weight is 313 g/mol. The fourth-order valence-corrected chi connectivity index (χ4v) is 2.19. The summed E-state index contributed by atoms with van der Waals surface area (Å²) in [5.41, 5.74) is 1.11. The molecule has 3 rings (SSSR count). The largest absolute Gasteiger partial charge is 0.457 e. The Bertz CT molecular complexity index is 778. The lowest BCUT2D eigenvalue weighted by Crippen LogP contribution is -2.04. The molecule has 0 aromatic heterocycles. The van der Waals surface area contributed by atoms with Gasteiger partial charge in [-0.15, -0.1) is 0 Å². The molecule has 0 aliphatic heterocycles. The van der Waals surface area contributed by atoms with E-state index in [0.29, 0.717) is 11.5 Å². The average Bonchev–Trinajstić information content (AvgIpc) is 2.56. The van der Waals surface area contributed by atoms with E-state index in [1.54, 1.807) is 12.1 Å². The first kappa shape index (κ1) is 15.2. The molecule has 0 saturated heterocycles. The van der Waals surface area contributed by atoms with Crippen LogP contribution in [0.25, 0.3) is 11.1 Å². The van der Waals surface area contributed by atoms with Crippen molar-refractivity contribution in [2.45, 2.75) is 6.18 Å². The van der Waals surface area contributed by atoms with Crippen LogP contribution in [0.2, 0.25) is 0 Å². The predicted molar refractivity (Wildman–Crippen MR) is 82.2 cm³/mol. The molecule has 0 aliphatic rings. The summed E-state index contributed by atoms with van der Waals surface area (Å²) in [4.78, 5) is 0. The molecule has 0 unspecified atom stereocenters. The van der Waals surface area contributed by atoms with Crippen LogP contribution in [0.5, 0.6) is 11.5 Å². The van der Waals surface area contributed by atoms with Gasteiger partial charge in [0.15, 0.2) is 0 Å². The van der Waals surface area contributed by atoms with Gasteiger partial charge in [-0.2, -0.15) is 13.2 Å². The van der Waals surface area contributed by atoms with Gasteiger partial charge >= 0.3 is 6.18 Å². The predicted octanol–water partition coefficient (Wildman–Crippen LogP) is 5.96. The first-order valence-electron chi connectivity index (χ1n) is 6.95. The highest BCUT2D eigenvalue weighted by Gasteiger charge is 2.30. The molecular formula is C19H12F3O. The van der Waals surface area contributed by atoms with Crippen molar-refractivity contribution in [3.63, 3.8) is 0 Å². The molecule has 3 aromatic rings. The van der Waals surface area contributed by atoms with E-state index >= 15 is 0 Å². The molecular weight excluding hydrogens is 301 g/mol. The van der Waals surface area contributed by atoms with E-state index in [-0.39, 0.29) is 0 Å². The van der Waals surface area contributed by atoms with E-state index in [0.717, 1.165) is 23.3 Å². The van der Waals surface area contributed by atoms with E-state index in [1.165, 1.54) is 12.1 Å². The Hall–Kier alpha value is -2.75. The lowest BCUT2D eigenvalue weighted by molar-refractivity contribution is -0.137. The summed E-state index contributed by atoms with van der Waals surface area (Å²) in [6, 6.07) is 22.5. The Labute approximate surface area is 132 Å². The number of ether oxygens (including phenoxy) is 1. The second kappa shape index (κ2) is 6.16. The Morgan fingerprint density at radius 1 is 0.826 bits per heavy atom. The van der Waals surface area contributed by atoms with Crippen LogP contribution < -0.4 is 4.74 Å². The van der Waals surface area contributed by atoms with Crippen molar-refractivity contribution in [3.05, 3.63) is 84.4 Å². The molecule has 3 aromatic carbocycles. The summed E-state index contributed by atoms with van der Waals surface area (Å²) in [6.07, 6.45) is -4.35. The quantitative estimate of drug-likeness (QED) is 0.579. The molecule has 0 atom stereocenters. The van der Waals surface area contributed by atoms with Crippen LogP contribution in [-0.4, -0.2) is 0 Å². The summed E-state index contributed by atoms with van der Waals surface area (Å²) in [7, 11) is 0. The van der Waals surface area contributed by atoms with Gasteiger partial charge < -0.3 is 4.74 Å². The molecule has 0 amide bonds. The van der Waals surface area contributed by atoms with Gasteiger partial charge in [0, 0.05) is 5.56 Å². The molecule has 1 radical (unpaired) electrons. The molecule has 23 heavy (non-hydrogen) atoms. The number of benzene rings is 3. The van der Waals surface area contributed by atoms with Gasteiger partial charge in [0.1, 0.15) is 11.5 Å². The Morgan fingerprint density at radius 2 is 1.52 bits per heavy atom. The maximum atomic E-state index is 12.6. The minimum absolute atomic E-state index is 0.342. The van der Waals surface area contributed by atoms with Crippen LogP contribution in [-0.2, 0) is 6.18 Å². The highest BCUT2D eigenvalue weighted by molar-refractivity contribution is 5.70. The summed E-state index contributed by atoms with van der Waals surface area (Å²) in [5, 5.41) is 0. The van der Waals surface area contributed by atoms with Crippen molar-refractivity contribution in [1.82, 2.24) is 0 Å². The molecule has 0 saturated carbocycles. The van der Waals surface area contributed by atoms with E-state index in [2.05, 4.69) is 6.07 Å². The van der Waals surface area contributed by atoms with Gasteiger partial charge in [-0.1, -0.05) is 42.5 Å². The van der Waals surface area contributed by atoms with Crippen molar-refractivity contribution in [1.29, 1.82) is 0 Å². The SMILES string of the molecule is FC(F)(F)c1ccc(Oc2c[c]ccc2-c2ccccc2)cc1.